The second-order valence-electron chi connectivity index (χ2n) is 6.35. The van der Waals surface area contributed by atoms with Crippen molar-refractivity contribution in [1.82, 2.24) is 15.1 Å². The van der Waals surface area contributed by atoms with Gasteiger partial charge >= 0.3 is 6.03 Å². The van der Waals surface area contributed by atoms with E-state index in [1.165, 1.54) is 6.42 Å². The number of hydrogen-bond donors (Lipinski definition) is 1. The Balaban J connectivity index is 1.88. The van der Waals surface area contributed by atoms with Gasteiger partial charge < -0.3 is 15.1 Å². The van der Waals surface area contributed by atoms with Crippen LogP contribution < -0.4 is 5.32 Å². The lowest BCUT2D eigenvalue weighted by Gasteiger charge is -2.46. The molecule has 0 aromatic carbocycles. The van der Waals surface area contributed by atoms with Crippen LogP contribution >= 0.6 is 11.8 Å². The van der Waals surface area contributed by atoms with Crippen molar-refractivity contribution >= 4 is 17.8 Å². The fourth-order valence-corrected chi connectivity index (χ4v) is 4.09. The van der Waals surface area contributed by atoms with Gasteiger partial charge in [0.1, 0.15) is 0 Å². The Kier molecular flexibility index (Phi) is 6.02. The second-order valence-corrected chi connectivity index (χ2v) is 7.33. The van der Waals surface area contributed by atoms with Crippen LogP contribution in [0.15, 0.2) is 0 Å². The van der Waals surface area contributed by atoms with Gasteiger partial charge in [0, 0.05) is 25.2 Å². The van der Waals surface area contributed by atoms with Gasteiger partial charge in [-0.05, 0) is 64.1 Å². The SMILES string of the molecule is CSCC[C@H](C)NC(=O)N1CCC[C@@H]2CN(C)CC[C@@H]21. The van der Waals surface area contributed by atoms with Crippen molar-refractivity contribution in [2.24, 2.45) is 5.92 Å². The van der Waals surface area contributed by atoms with Crippen molar-refractivity contribution in [2.75, 3.05) is 38.7 Å². The quantitative estimate of drug-likeness (QED) is 0.865. The first-order valence-electron chi connectivity index (χ1n) is 7.86. The molecule has 5 heteroatoms. The van der Waals surface area contributed by atoms with Crippen LogP contribution in [0.25, 0.3) is 0 Å². The fourth-order valence-electron chi connectivity index (χ4n) is 3.50. The Hall–Kier alpha value is -0.420. The van der Waals surface area contributed by atoms with Gasteiger partial charge in [-0.2, -0.15) is 11.8 Å². The van der Waals surface area contributed by atoms with Crippen molar-refractivity contribution < 1.29 is 4.79 Å². The number of piperidine rings is 2. The summed E-state index contributed by atoms with van der Waals surface area (Å²) in [5.74, 6) is 1.79. The Morgan fingerprint density at radius 2 is 2.20 bits per heavy atom. The number of nitrogens with zero attached hydrogens (tertiary/aromatic N) is 2. The van der Waals surface area contributed by atoms with E-state index >= 15 is 0 Å². The largest absolute Gasteiger partial charge is 0.335 e. The summed E-state index contributed by atoms with van der Waals surface area (Å²) in [6.45, 7) is 5.32. The number of nitrogens with one attached hydrogen (secondary N) is 1. The lowest BCUT2D eigenvalue weighted by molar-refractivity contribution is 0.0525. The predicted octanol–water partition coefficient (Wildman–Crippen LogP) is 2.25. The van der Waals surface area contributed by atoms with Gasteiger partial charge in [0.2, 0.25) is 0 Å². The molecule has 116 valence electrons. The van der Waals surface area contributed by atoms with Crippen LogP contribution in [0.5, 0.6) is 0 Å². The predicted molar refractivity (Wildman–Crippen MR) is 86.3 cm³/mol. The zero-order chi connectivity index (χ0) is 14.5. The molecule has 20 heavy (non-hydrogen) atoms. The molecule has 0 radical (unpaired) electrons. The number of hydrogen-bond acceptors (Lipinski definition) is 3. The third-order valence-corrected chi connectivity index (χ3v) is 5.30. The van der Waals surface area contributed by atoms with Gasteiger partial charge in [0.25, 0.3) is 0 Å². The molecule has 2 saturated heterocycles. The highest BCUT2D eigenvalue weighted by Crippen LogP contribution is 2.30. The van der Waals surface area contributed by atoms with Crippen molar-refractivity contribution in [3.8, 4) is 0 Å². The molecule has 2 fully saturated rings. The lowest BCUT2D eigenvalue weighted by Crippen LogP contribution is -2.58. The number of likely N-dealkylation sites (tertiary alicyclic amines) is 2. The Bertz CT molecular complexity index is 326. The number of amides is 2. The van der Waals surface area contributed by atoms with Crippen LogP contribution in [-0.2, 0) is 0 Å². The highest BCUT2D eigenvalue weighted by atomic mass is 32.2. The monoisotopic (exact) mass is 299 g/mol. The first-order valence-corrected chi connectivity index (χ1v) is 9.25. The minimum absolute atomic E-state index is 0.165. The molecule has 0 bridgehead atoms. The molecule has 2 aliphatic heterocycles. The zero-order valence-corrected chi connectivity index (χ0v) is 13.9. The summed E-state index contributed by atoms with van der Waals surface area (Å²) in [4.78, 5) is 17.0. The van der Waals surface area contributed by atoms with E-state index in [1.807, 2.05) is 11.8 Å². The van der Waals surface area contributed by atoms with E-state index in [2.05, 4.69) is 35.3 Å². The topological polar surface area (TPSA) is 35.6 Å². The lowest BCUT2D eigenvalue weighted by atomic mass is 9.84. The summed E-state index contributed by atoms with van der Waals surface area (Å²) in [6, 6.07) is 0.909. The average molecular weight is 299 g/mol. The van der Waals surface area contributed by atoms with Crippen molar-refractivity contribution in [3.63, 3.8) is 0 Å². The number of thioether (sulfide) groups is 1. The van der Waals surface area contributed by atoms with E-state index in [4.69, 9.17) is 0 Å². The maximum atomic E-state index is 12.5. The molecular weight excluding hydrogens is 270 g/mol. The van der Waals surface area contributed by atoms with Crippen molar-refractivity contribution in [1.29, 1.82) is 0 Å². The maximum Gasteiger partial charge on any atom is 0.317 e. The van der Waals surface area contributed by atoms with Crippen LogP contribution in [-0.4, -0.2) is 66.6 Å². The molecule has 0 spiro atoms. The number of urea groups is 1. The fraction of sp³-hybridized carbons (Fsp3) is 0.933. The molecule has 2 aliphatic rings. The number of carbonyl (C=O) groups is 1. The second kappa shape index (κ2) is 7.55. The van der Waals surface area contributed by atoms with Crippen LogP contribution in [0.1, 0.15) is 32.6 Å². The van der Waals surface area contributed by atoms with Crippen LogP contribution in [0.3, 0.4) is 0 Å². The summed E-state index contributed by atoms with van der Waals surface area (Å²) in [7, 11) is 2.19. The van der Waals surface area contributed by atoms with Crippen LogP contribution in [0, 0.1) is 5.92 Å². The molecule has 2 heterocycles. The van der Waals surface area contributed by atoms with E-state index < -0.39 is 0 Å². The van der Waals surface area contributed by atoms with Crippen molar-refractivity contribution in [2.45, 2.75) is 44.7 Å². The third kappa shape index (κ3) is 4.04. The Morgan fingerprint density at radius 3 is 2.95 bits per heavy atom. The van der Waals surface area contributed by atoms with Gasteiger partial charge in [-0.15, -0.1) is 0 Å². The van der Waals surface area contributed by atoms with Crippen molar-refractivity contribution in [3.05, 3.63) is 0 Å². The van der Waals surface area contributed by atoms with E-state index in [1.54, 1.807) is 0 Å². The first-order chi connectivity index (χ1) is 9.61. The Morgan fingerprint density at radius 1 is 1.40 bits per heavy atom. The summed E-state index contributed by atoms with van der Waals surface area (Å²) in [5.41, 5.74) is 0. The molecule has 1 N–H and O–H groups in total. The van der Waals surface area contributed by atoms with E-state index in [9.17, 15) is 4.79 Å². The van der Waals surface area contributed by atoms with Gasteiger partial charge in [0.05, 0.1) is 0 Å². The molecule has 3 atom stereocenters. The third-order valence-electron chi connectivity index (χ3n) is 4.66. The van der Waals surface area contributed by atoms with E-state index in [0.717, 1.165) is 44.6 Å². The van der Waals surface area contributed by atoms with E-state index in [-0.39, 0.29) is 12.1 Å². The van der Waals surface area contributed by atoms with E-state index in [0.29, 0.717) is 12.0 Å². The number of carbonyl (C=O) groups excluding carboxylic acids is 1. The Labute approximate surface area is 127 Å². The van der Waals surface area contributed by atoms with Crippen LogP contribution in [0.4, 0.5) is 4.79 Å². The summed E-state index contributed by atoms with van der Waals surface area (Å²) in [5, 5.41) is 3.19. The molecule has 2 rings (SSSR count). The number of rotatable bonds is 4. The van der Waals surface area contributed by atoms with Gasteiger partial charge in [-0.25, -0.2) is 4.79 Å². The minimum atomic E-state index is 0.165. The zero-order valence-electron chi connectivity index (χ0n) is 13.1. The summed E-state index contributed by atoms with van der Waals surface area (Å²) < 4.78 is 0. The van der Waals surface area contributed by atoms with Gasteiger partial charge in [-0.3, -0.25) is 0 Å². The normalized spacial score (nSPS) is 28.9. The number of fused-ring (bicyclic) bond motifs is 1. The molecule has 2 amide bonds. The molecule has 0 unspecified atom stereocenters. The summed E-state index contributed by atoms with van der Waals surface area (Å²) in [6.07, 6.45) is 6.73. The molecule has 0 saturated carbocycles. The molecule has 0 aromatic heterocycles. The standard InChI is InChI=1S/C15H29N3OS/c1-12(7-10-20-3)16-15(19)18-8-4-5-13-11-17(2)9-6-14(13)18/h12-14H,4-11H2,1-3H3,(H,16,19)/t12-,13+,14-/m0/s1. The maximum absolute atomic E-state index is 12.5. The smallest absolute Gasteiger partial charge is 0.317 e. The molecule has 4 nitrogen and oxygen atoms in total. The highest BCUT2D eigenvalue weighted by molar-refractivity contribution is 7.98. The summed E-state index contributed by atoms with van der Waals surface area (Å²) >= 11 is 1.84. The van der Waals surface area contributed by atoms with Gasteiger partial charge in [-0.1, -0.05) is 0 Å². The first kappa shape index (κ1) is 16.0. The molecule has 0 aliphatic carbocycles. The molecule has 0 aromatic rings. The van der Waals surface area contributed by atoms with Gasteiger partial charge in [0.15, 0.2) is 0 Å². The minimum Gasteiger partial charge on any atom is -0.335 e. The highest BCUT2D eigenvalue weighted by Gasteiger charge is 2.37. The molecular formula is C15H29N3OS. The average Bonchev–Trinajstić information content (AvgIpc) is 2.44. The van der Waals surface area contributed by atoms with Crippen LogP contribution in [0.2, 0.25) is 0 Å².